The molecule has 0 spiro atoms. The van der Waals surface area contributed by atoms with E-state index in [9.17, 15) is 14.7 Å². The van der Waals surface area contributed by atoms with E-state index in [1.165, 1.54) is 6.07 Å². The maximum atomic E-state index is 11.2. The Bertz CT molecular complexity index is 392. The number of carbonyl (C=O) groups excluding carboxylic acids is 2. The van der Waals surface area contributed by atoms with E-state index >= 15 is 0 Å². The molecular weight excluding hydrogens is 212 g/mol. The molecule has 1 aromatic carbocycles. The number of benzene rings is 1. The number of phenolic OH excluding ortho intramolecular Hbond substituents is 1. The van der Waals surface area contributed by atoms with Gasteiger partial charge in [-0.2, -0.15) is 0 Å². The molecule has 0 unspecified atom stereocenters. The summed E-state index contributed by atoms with van der Waals surface area (Å²) in [7, 11) is 0. The molecule has 0 aliphatic rings. The van der Waals surface area contributed by atoms with Crippen LogP contribution in [0, 0.1) is 0 Å². The van der Waals surface area contributed by atoms with Crippen molar-refractivity contribution in [2.75, 3.05) is 6.61 Å². The van der Waals surface area contributed by atoms with Crippen molar-refractivity contribution < 1.29 is 19.5 Å². The number of amides is 2. The zero-order valence-electron chi connectivity index (χ0n) is 8.47. The van der Waals surface area contributed by atoms with Gasteiger partial charge < -0.3 is 10.8 Å². The minimum Gasteiger partial charge on any atom is -0.508 e. The van der Waals surface area contributed by atoms with Gasteiger partial charge in [-0.15, -0.1) is 0 Å². The predicted molar refractivity (Wildman–Crippen MR) is 55.1 cm³/mol. The number of carbonyl (C=O) groups is 2. The Hall–Kier alpha value is -2.08. The quantitative estimate of drug-likeness (QED) is 0.585. The number of phenols is 1. The number of nitrogens with two attached hydrogens (primary N) is 1. The Labute approximate surface area is 92.0 Å². The van der Waals surface area contributed by atoms with Gasteiger partial charge in [0, 0.05) is 5.56 Å². The molecule has 0 heterocycles. The van der Waals surface area contributed by atoms with E-state index in [0.29, 0.717) is 5.56 Å². The fourth-order valence-corrected chi connectivity index (χ4v) is 1.06. The smallest absolute Gasteiger partial charge is 0.248 e. The highest BCUT2D eigenvalue weighted by Gasteiger charge is 2.07. The molecule has 0 fully saturated rings. The molecule has 6 heteroatoms. The van der Waals surface area contributed by atoms with Crippen LogP contribution in [0.2, 0.25) is 0 Å². The summed E-state index contributed by atoms with van der Waals surface area (Å²) in [5, 5.41) is 9.38. The topological polar surface area (TPSA) is 102 Å². The van der Waals surface area contributed by atoms with Gasteiger partial charge in [-0.1, -0.05) is 18.2 Å². The molecule has 1 aromatic rings. The number of para-hydroxylation sites is 1. The summed E-state index contributed by atoms with van der Waals surface area (Å²) < 4.78 is 0. The first-order valence-corrected chi connectivity index (χ1v) is 4.55. The summed E-state index contributed by atoms with van der Waals surface area (Å²) in [6.45, 7) is -0.382. The minimum absolute atomic E-state index is 0.0348. The van der Waals surface area contributed by atoms with E-state index in [2.05, 4.69) is 4.84 Å². The molecule has 0 aromatic heterocycles. The first-order chi connectivity index (χ1) is 7.59. The predicted octanol–water partition coefficient (Wildman–Crippen LogP) is -0.532. The highest BCUT2D eigenvalue weighted by Crippen LogP contribution is 2.15. The lowest BCUT2D eigenvalue weighted by Gasteiger charge is -2.05. The number of hydrogen-bond acceptors (Lipinski definition) is 4. The van der Waals surface area contributed by atoms with Gasteiger partial charge in [0.1, 0.15) is 5.75 Å². The van der Waals surface area contributed by atoms with Gasteiger partial charge >= 0.3 is 0 Å². The zero-order chi connectivity index (χ0) is 12.0. The maximum absolute atomic E-state index is 11.2. The van der Waals surface area contributed by atoms with Crippen LogP contribution in [-0.4, -0.2) is 23.5 Å². The van der Waals surface area contributed by atoms with Crippen LogP contribution in [0.5, 0.6) is 5.75 Å². The molecule has 86 valence electrons. The highest BCUT2D eigenvalue weighted by molar-refractivity contribution is 5.79. The van der Waals surface area contributed by atoms with Crippen molar-refractivity contribution in [2.45, 2.75) is 6.42 Å². The van der Waals surface area contributed by atoms with Gasteiger partial charge in [0.15, 0.2) is 6.61 Å². The Morgan fingerprint density at radius 1 is 1.38 bits per heavy atom. The first-order valence-electron chi connectivity index (χ1n) is 4.55. The monoisotopic (exact) mass is 224 g/mol. The van der Waals surface area contributed by atoms with Crippen LogP contribution in [0.15, 0.2) is 24.3 Å². The third kappa shape index (κ3) is 3.97. The Morgan fingerprint density at radius 2 is 2.06 bits per heavy atom. The Morgan fingerprint density at radius 3 is 2.69 bits per heavy atom. The first kappa shape index (κ1) is 12.0. The van der Waals surface area contributed by atoms with Gasteiger partial charge in [-0.3, -0.25) is 14.4 Å². The van der Waals surface area contributed by atoms with Crippen molar-refractivity contribution in [3.63, 3.8) is 0 Å². The van der Waals surface area contributed by atoms with E-state index < -0.39 is 11.8 Å². The van der Waals surface area contributed by atoms with Crippen LogP contribution < -0.4 is 11.2 Å². The van der Waals surface area contributed by atoms with Crippen molar-refractivity contribution in [1.29, 1.82) is 0 Å². The minimum atomic E-state index is -0.678. The van der Waals surface area contributed by atoms with Gasteiger partial charge in [-0.05, 0) is 6.07 Å². The second-order valence-electron chi connectivity index (χ2n) is 3.09. The third-order valence-corrected chi connectivity index (χ3v) is 1.74. The molecule has 6 nitrogen and oxygen atoms in total. The van der Waals surface area contributed by atoms with Crippen molar-refractivity contribution in [3.05, 3.63) is 29.8 Å². The molecule has 0 radical (unpaired) electrons. The molecule has 0 aliphatic heterocycles. The molecular formula is C10H12N2O4. The average molecular weight is 224 g/mol. The third-order valence-electron chi connectivity index (χ3n) is 1.74. The molecule has 0 bridgehead atoms. The Balaban J connectivity index is 2.40. The largest absolute Gasteiger partial charge is 0.508 e. The molecule has 0 saturated heterocycles. The second kappa shape index (κ2) is 5.72. The van der Waals surface area contributed by atoms with Crippen LogP contribution in [0.25, 0.3) is 0 Å². The lowest BCUT2D eigenvalue weighted by atomic mass is 10.1. The van der Waals surface area contributed by atoms with Crippen molar-refractivity contribution >= 4 is 11.8 Å². The van der Waals surface area contributed by atoms with Gasteiger partial charge in [0.2, 0.25) is 11.8 Å². The lowest BCUT2D eigenvalue weighted by Crippen LogP contribution is -2.30. The number of nitrogens with one attached hydrogen (secondary N) is 1. The fraction of sp³-hybridized carbons (Fsp3) is 0.200. The number of hydrogen-bond donors (Lipinski definition) is 3. The molecule has 0 aliphatic carbocycles. The summed E-state index contributed by atoms with van der Waals surface area (Å²) in [5.74, 6) is -1.11. The SMILES string of the molecule is NC(=O)CONC(=O)Cc1ccccc1O. The number of hydroxylamine groups is 1. The van der Waals surface area contributed by atoms with Gasteiger partial charge in [0.05, 0.1) is 6.42 Å². The molecule has 16 heavy (non-hydrogen) atoms. The van der Waals surface area contributed by atoms with Crippen LogP contribution in [0.4, 0.5) is 0 Å². The molecule has 2 amide bonds. The number of aromatic hydroxyl groups is 1. The van der Waals surface area contributed by atoms with Crippen LogP contribution in [0.1, 0.15) is 5.56 Å². The van der Waals surface area contributed by atoms with Crippen LogP contribution in [0.3, 0.4) is 0 Å². The summed E-state index contributed by atoms with van der Waals surface area (Å²) >= 11 is 0. The zero-order valence-corrected chi connectivity index (χ0v) is 8.47. The second-order valence-corrected chi connectivity index (χ2v) is 3.09. The molecule has 1 rings (SSSR count). The Kier molecular flexibility index (Phi) is 4.28. The van der Waals surface area contributed by atoms with E-state index in [1.807, 2.05) is 5.48 Å². The van der Waals surface area contributed by atoms with E-state index in [-0.39, 0.29) is 18.8 Å². The van der Waals surface area contributed by atoms with Crippen LogP contribution in [-0.2, 0) is 20.8 Å². The van der Waals surface area contributed by atoms with Gasteiger partial charge in [0.25, 0.3) is 0 Å². The standard InChI is InChI=1S/C10H12N2O4/c11-9(14)6-16-12-10(15)5-7-3-1-2-4-8(7)13/h1-4,13H,5-6H2,(H2,11,14)(H,12,15). The van der Waals surface area contributed by atoms with E-state index in [1.54, 1.807) is 18.2 Å². The molecule has 0 atom stereocenters. The highest BCUT2D eigenvalue weighted by atomic mass is 16.7. The number of rotatable bonds is 5. The summed E-state index contributed by atoms with van der Waals surface area (Å²) in [6.07, 6.45) is -0.0363. The van der Waals surface area contributed by atoms with Crippen LogP contribution >= 0.6 is 0 Å². The van der Waals surface area contributed by atoms with Crippen molar-refractivity contribution in [1.82, 2.24) is 5.48 Å². The van der Waals surface area contributed by atoms with Crippen molar-refractivity contribution in [2.24, 2.45) is 5.73 Å². The van der Waals surface area contributed by atoms with E-state index in [4.69, 9.17) is 5.73 Å². The number of primary amides is 1. The molecule has 4 N–H and O–H groups in total. The fourth-order valence-electron chi connectivity index (χ4n) is 1.06. The van der Waals surface area contributed by atoms with Gasteiger partial charge in [-0.25, -0.2) is 5.48 Å². The van der Waals surface area contributed by atoms with Crippen molar-refractivity contribution in [3.8, 4) is 5.75 Å². The maximum Gasteiger partial charge on any atom is 0.248 e. The molecule has 0 saturated carbocycles. The average Bonchev–Trinajstić information content (AvgIpc) is 2.21. The normalized spacial score (nSPS) is 9.75. The summed E-state index contributed by atoms with van der Waals surface area (Å²) in [4.78, 5) is 26.1. The summed E-state index contributed by atoms with van der Waals surface area (Å²) in [6, 6.07) is 6.45. The lowest BCUT2D eigenvalue weighted by molar-refractivity contribution is -0.137. The summed E-state index contributed by atoms with van der Waals surface area (Å²) in [5.41, 5.74) is 7.31. The van der Waals surface area contributed by atoms with E-state index in [0.717, 1.165) is 0 Å².